The number of carboxylic acids is 1. The van der Waals surface area contributed by atoms with Gasteiger partial charge in [0.1, 0.15) is 5.75 Å². The number of para-hydroxylation sites is 1. The molecule has 0 spiro atoms. The number of carbonyl (C=O) groups is 2. The van der Waals surface area contributed by atoms with E-state index in [9.17, 15) is 9.59 Å². The van der Waals surface area contributed by atoms with E-state index in [0.29, 0.717) is 31.6 Å². The zero-order valence-corrected chi connectivity index (χ0v) is 13.2. The van der Waals surface area contributed by atoms with E-state index in [2.05, 4.69) is 5.32 Å². The van der Waals surface area contributed by atoms with Crippen LogP contribution in [0.3, 0.4) is 0 Å². The predicted octanol–water partition coefficient (Wildman–Crippen LogP) is 2.66. The number of nitrogens with one attached hydrogen (secondary N) is 1. The molecule has 1 saturated carbocycles. The van der Waals surface area contributed by atoms with Gasteiger partial charge in [-0.3, -0.25) is 4.79 Å². The maximum atomic E-state index is 12.4. The van der Waals surface area contributed by atoms with Gasteiger partial charge in [0.05, 0.1) is 5.56 Å². The topological polar surface area (TPSA) is 75.6 Å². The van der Waals surface area contributed by atoms with E-state index in [4.69, 9.17) is 9.84 Å². The number of carbonyl (C=O) groups excluding carboxylic acids is 1. The minimum absolute atomic E-state index is 0.110. The van der Waals surface area contributed by atoms with E-state index in [-0.39, 0.29) is 11.5 Å². The second-order valence-electron chi connectivity index (χ2n) is 5.92. The lowest BCUT2D eigenvalue weighted by molar-refractivity contribution is -0.129. The summed E-state index contributed by atoms with van der Waals surface area (Å²) in [6, 6.07) is 16.1. The van der Waals surface area contributed by atoms with Gasteiger partial charge in [-0.25, -0.2) is 4.79 Å². The Hall–Kier alpha value is -2.82. The molecule has 2 aromatic carbocycles. The van der Waals surface area contributed by atoms with Gasteiger partial charge in [-0.05, 0) is 36.2 Å². The summed E-state index contributed by atoms with van der Waals surface area (Å²) in [5, 5.41) is 11.9. The van der Waals surface area contributed by atoms with Crippen LogP contribution in [0.2, 0.25) is 0 Å². The molecule has 124 valence electrons. The molecular formula is C19H19NO4. The Morgan fingerprint density at radius 3 is 2.50 bits per heavy atom. The van der Waals surface area contributed by atoms with Crippen molar-refractivity contribution in [2.24, 2.45) is 0 Å². The molecule has 0 atom stereocenters. The lowest BCUT2D eigenvalue weighted by atomic mass is 10.1. The normalized spacial score (nSPS) is 14.7. The van der Waals surface area contributed by atoms with Crippen molar-refractivity contribution in [1.82, 2.24) is 5.32 Å². The standard InChI is InChI=1S/C19H19NO4/c21-17(22)15-6-4-5-14(13-15)9-12-20-18(23)19(10-11-19)24-16-7-2-1-3-8-16/h1-8,13H,9-12H2,(H,20,23)(H,21,22). The Labute approximate surface area is 140 Å². The van der Waals surface area contributed by atoms with Crippen molar-refractivity contribution in [2.45, 2.75) is 24.9 Å². The maximum Gasteiger partial charge on any atom is 0.335 e. The summed E-state index contributed by atoms with van der Waals surface area (Å²) >= 11 is 0. The van der Waals surface area contributed by atoms with Gasteiger partial charge in [0, 0.05) is 19.4 Å². The van der Waals surface area contributed by atoms with E-state index >= 15 is 0 Å². The number of benzene rings is 2. The summed E-state index contributed by atoms with van der Waals surface area (Å²) in [5.41, 5.74) is 0.387. The highest BCUT2D eigenvalue weighted by atomic mass is 16.5. The Bertz CT molecular complexity index is 738. The molecule has 1 aliphatic carbocycles. The highest BCUT2D eigenvalue weighted by molar-refractivity contribution is 5.88. The molecule has 5 nitrogen and oxygen atoms in total. The molecule has 5 heteroatoms. The zero-order chi connectivity index (χ0) is 17.0. The van der Waals surface area contributed by atoms with Crippen LogP contribution >= 0.6 is 0 Å². The van der Waals surface area contributed by atoms with Gasteiger partial charge in [0.15, 0.2) is 5.60 Å². The number of aromatic carboxylic acids is 1. The van der Waals surface area contributed by atoms with Crippen LogP contribution in [0.4, 0.5) is 0 Å². The first-order chi connectivity index (χ1) is 11.6. The van der Waals surface area contributed by atoms with Gasteiger partial charge >= 0.3 is 5.97 Å². The third kappa shape index (κ3) is 3.74. The van der Waals surface area contributed by atoms with Crippen LogP contribution in [0.1, 0.15) is 28.8 Å². The van der Waals surface area contributed by atoms with E-state index in [1.54, 1.807) is 18.2 Å². The van der Waals surface area contributed by atoms with Crippen molar-refractivity contribution >= 4 is 11.9 Å². The molecule has 24 heavy (non-hydrogen) atoms. The lowest BCUT2D eigenvalue weighted by Gasteiger charge is -2.17. The monoisotopic (exact) mass is 325 g/mol. The number of rotatable bonds is 7. The molecule has 0 unspecified atom stereocenters. The van der Waals surface area contributed by atoms with Gasteiger partial charge in [0.25, 0.3) is 5.91 Å². The maximum absolute atomic E-state index is 12.4. The minimum Gasteiger partial charge on any atom is -0.478 e. The van der Waals surface area contributed by atoms with Gasteiger partial charge in [-0.15, -0.1) is 0 Å². The van der Waals surface area contributed by atoms with Crippen molar-refractivity contribution in [3.8, 4) is 5.75 Å². The highest BCUT2D eigenvalue weighted by Crippen LogP contribution is 2.40. The summed E-state index contributed by atoms with van der Waals surface area (Å²) < 4.78 is 5.84. The number of hydrogen-bond acceptors (Lipinski definition) is 3. The fourth-order valence-corrected chi connectivity index (χ4v) is 2.54. The minimum atomic E-state index is -0.950. The van der Waals surface area contributed by atoms with E-state index in [1.807, 2.05) is 36.4 Å². The van der Waals surface area contributed by atoms with Gasteiger partial charge < -0.3 is 15.2 Å². The summed E-state index contributed by atoms with van der Waals surface area (Å²) in [4.78, 5) is 23.3. The van der Waals surface area contributed by atoms with Crippen molar-refractivity contribution in [3.05, 3.63) is 65.7 Å². The second kappa shape index (κ2) is 6.74. The van der Waals surface area contributed by atoms with E-state index < -0.39 is 11.6 Å². The quantitative estimate of drug-likeness (QED) is 0.820. The molecule has 0 aromatic heterocycles. The van der Waals surface area contributed by atoms with Crippen molar-refractivity contribution in [2.75, 3.05) is 6.54 Å². The van der Waals surface area contributed by atoms with Gasteiger partial charge in [-0.1, -0.05) is 30.3 Å². The molecule has 1 amide bonds. The molecule has 0 saturated heterocycles. The fraction of sp³-hybridized carbons (Fsp3) is 0.263. The van der Waals surface area contributed by atoms with Crippen LogP contribution in [-0.2, 0) is 11.2 Å². The van der Waals surface area contributed by atoms with E-state index in [0.717, 1.165) is 5.56 Å². The molecule has 0 bridgehead atoms. The highest BCUT2D eigenvalue weighted by Gasteiger charge is 2.52. The van der Waals surface area contributed by atoms with Crippen LogP contribution in [-0.4, -0.2) is 29.1 Å². The smallest absolute Gasteiger partial charge is 0.335 e. The largest absolute Gasteiger partial charge is 0.478 e. The van der Waals surface area contributed by atoms with Crippen LogP contribution in [0.5, 0.6) is 5.75 Å². The third-order valence-electron chi connectivity index (χ3n) is 4.05. The molecule has 1 fully saturated rings. The Kier molecular flexibility index (Phi) is 4.51. The number of amides is 1. The SMILES string of the molecule is O=C(O)c1cccc(CCNC(=O)C2(Oc3ccccc3)CC2)c1. The number of ether oxygens (including phenoxy) is 1. The number of hydrogen-bond donors (Lipinski definition) is 2. The first kappa shape index (κ1) is 16.1. The van der Waals surface area contributed by atoms with E-state index in [1.165, 1.54) is 0 Å². The molecule has 0 heterocycles. The summed E-state index contributed by atoms with van der Waals surface area (Å²) in [7, 11) is 0. The Morgan fingerprint density at radius 2 is 1.83 bits per heavy atom. The van der Waals surface area contributed by atoms with Crippen molar-refractivity contribution in [3.63, 3.8) is 0 Å². The average Bonchev–Trinajstić information content (AvgIpc) is 3.37. The molecule has 0 aliphatic heterocycles. The molecule has 2 aromatic rings. The third-order valence-corrected chi connectivity index (χ3v) is 4.05. The molecule has 0 radical (unpaired) electrons. The van der Waals surface area contributed by atoms with Crippen LogP contribution in [0, 0.1) is 0 Å². The van der Waals surface area contributed by atoms with Crippen LogP contribution in [0.15, 0.2) is 54.6 Å². The predicted molar refractivity (Wildman–Crippen MR) is 89.2 cm³/mol. The molecular weight excluding hydrogens is 306 g/mol. The Balaban J connectivity index is 1.52. The van der Waals surface area contributed by atoms with Crippen molar-refractivity contribution < 1.29 is 19.4 Å². The molecule has 2 N–H and O–H groups in total. The first-order valence-corrected chi connectivity index (χ1v) is 7.94. The van der Waals surface area contributed by atoms with Gasteiger partial charge in [-0.2, -0.15) is 0 Å². The van der Waals surface area contributed by atoms with Crippen molar-refractivity contribution in [1.29, 1.82) is 0 Å². The Morgan fingerprint density at radius 1 is 1.08 bits per heavy atom. The second-order valence-corrected chi connectivity index (χ2v) is 5.92. The zero-order valence-electron chi connectivity index (χ0n) is 13.2. The van der Waals surface area contributed by atoms with Crippen LogP contribution < -0.4 is 10.1 Å². The van der Waals surface area contributed by atoms with Gasteiger partial charge in [0.2, 0.25) is 0 Å². The average molecular weight is 325 g/mol. The van der Waals surface area contributed by atoms with Crippen LogP contribution in [0.25, 0.3) is 0 Å². The summed E-state index contributed by atoms with van der Waals surface area (Å²) in [6.45, 7) is 0.446. The summed E-state index contributed by atoms with van der Waals surface area (Å²) in [6.07, 6.45) is 2.00. The fourth-order valence-electron chi connectivity index (χ4n) is 2.54. The summed E-state index contributed by atoms with van der Waals surface area (Å²) in [5.74, 6) is -0.367. The molecule has 1 aliphatic rings. The lowest BCUT2D eigenvalue weighted by Crippen LogP contribution is -2.41. The molecule has 3 rings (SSSR count). The number of carboxylic acid groups (broad SMARTS) is 1. The first-order valence-electron chi connectivity index (χ1n) is 7.94.